The van der Waals surface area contributed by atoms with Crippen LogP contribution in [-0.2, 0) is 14.3 Å². The number of nitrogens with one attached hydrogen (secondary N) is 1. The molecule has 0 amide bonds. The van der Waals surface area contributed by atoms with Crippen molar-refractivity contribution in [2.75, 3.05) is 0 Å². The van der Waals surface area contributed by atoms with Crippen LogP contribution in [0.25, 0.3) is 0 Å². The monoisotopic (exact) mass is 467 g/mol. The topological polar surface area (TPSA) is 55.4 Å². The van der Waals surface area contributed by atoms with Crippen molar-refractivity contribution < 1.29 is 14.3 Å². The second-order valence-corrected chi connectivity index (χ2v) is 10.9. The Morgan fingerprint density at radius 2 is 1.91 bits per heavy atom. The first-order valence-electron chi connectivity index (χ1n) is 11.6. The number of carbonyl (C=O) groups is 2. The zero-order valence-electron chi connectivity index (χ0n) is 18.4. The smallest absolute Gasteiger partial charge is 0.337 e. The molecular formula is C26H29NO3S2. The van der Waals surface area contributed by atoms with E-state index in [9.17, 15) is 9.59 Å². The summed E-state index contributed by atoms with van der Waals surface area (Å²) in [4.78, 5) is 28.2. The molecule has 0 saturated heterocycles. The van der Waals surface area contributed by atoms with Crippen molar-refractivity contribution in [3.05, 3.63) is 67.3 Å². The van der Waals surface area contributed by atoms with E-state index < -0.39 is 0 Å². The first-order chi connectivity index (χ1) is 15.6. The van der Waals surface area contributed by atoms with E-state index in [1.54, 1.807) is 22.7 Å². The molecule has 0 aromatic carbocycles. The zero-order valence-corrected chi connectivity index (χ0v) is 20.0. The van der Waals surface area contributed by atoms with E-state index >= 15 is 0 Å². The highest BCUT2D eigenvalue weighted by Gasteiger charge is 2.42. The summed E-state index contributed by atoms with van der Waals surface area (Å²) in [5.41, 5.74) is 4.17. The van der Waals surface area contributed by atoms with Crippen LogP contribution in [0.3, 0.4) is 0 Å². The van der Waals surface area contributed by atoms with E-state index in [0.29, 0.717) is 12.0 Å². The number of ether oxygens (including phenoxy) is 1. The molecule has 4 nitrogen and oxygen atoms in total. The second kappa shape index (κ2) is 9.36. The second-order valence-electron chi connectivity index (χ2n) is 9.11. The fourth-order valence-corrected chi connectivity index (χ4v) is 6.90. The van der Waals surface area contributed by atoms with Gasteiger partial charge in [-0.05, 0) is 72.9 Å². The van der Waals surface area contributed by atoms with E-state index in [1.165, 1.54) is 17.7 Å². The van der Waals surface area contributed by atoms with Crippen LogP contribution >= 0.6 is 22.7 Å². The minimum Gasteiger partial charge on any atom is -0.459 e. The zero-order chi connectivity index (χ0) is 22.1. The van der Waals surface area contributed by atoms with Crippen LogP contribution in [0, 0.1) is 0 Å². The van der Waals surface area contributed by atoms with Gasteiger partial charge in [0, 0.05) is 40.1 Å². The molecule has 1 saturated carbocycles. The summed E-state index contributed by atoms with van der Waals surface area (Å²) >= 11 is 3.31. The number of hydrogen-bond donors (Lipinski definition) is 1. The number of rotatable bonds is 4. The molecule has 0 spiro atoms. The highest BCUT2D eigenvalue weighted by Crippen LogP contribution is 2.46. The van der Waals surface area contributed by atoms with Gasteiger partial charge >= 0.3 is 5.97 Å². The molecule has 32 heavy (non-hydrogen) atoms. The summed E-state index contributed by atoms with van der Waals surface area (Å²) in [6, 6.07) is 6.20. The van der Waals surface area contributed by atoms with Gasteiger partial charge in [0.1, 0.15) is 6.10 Å². The molecule has 2 aromatic rings. The lowest BCUT2D eigenvalue weighted by atomic mass is 9.73. The summed E-state index contributed by atoms with van der Waals surface area (Å²) in [7, 11) is 0. The van der Waals surface area contributed by atoms with Crippen molar-refractivity contribution in [2.45, 2.75) is 76.2 Å². The lowest BCUT2D eigenvalue weighted by Crippen LogP contribution is -2.36. The number of allylic oxidation sites excluding steroid dienone is 3. The van der Waals surface area contributed by atoms with Gasteiger partial charge in [-0.3, -0.25) is 4.79 Å². The van der Waals surface area contributed by atoms with Gasteiger partial charge in [-0.25, -0.2) is 4.79 Å². The Labute approximate surface area is 197 Å². The molecule has 2 aliphatic carbocycles. The van der Waals surface area contributed by atoms with Gasteiger partial charge in [0.2, 0.25) is 0 Å². The van der Waals surface area contributed by atoms with Gasteiger partial charge < -0.3 is 10.1 Å². The van der Waals surface area contributed by atoms with Crippen LogP contribution in [0.4, 0.5) is 0 Å². The number of thiophene rings is 2. The minimum atomic E-state index is -0.340. The van der Waals surface area contributed by atoms with Crippen molar-refractivity contribution in [3.63, 3.8) is 0 Å². The predicted molar refractivity (Wildman–Crippen MR) is 129 cm³/mol. The molecule has 2 atom stereocenters. The predicted octanol–water partition coefficient (Wildman–Crippen LogP) is 6.44. The third-order valence-corrected chi connectivity index (χ3v) is 8.68. The van der Waals surface area contributed by atoms with Gasteiger partial charge in [0.05, 0.1) is 5.57 Å². The average molecular weight is 468 g/mol. The molecule has 3 heterocycles. The Morgan fingerprint density at radius 3 is 2.59 bits per heavy atom. The Kier molecular flexibility index (Phi) is 6.33. The normalized spacial score (nSPS) is 24.7. The van der Waals surface area contributed by atoms with Gasteiger partial charge in [0.15, 0.2) is 5.78 Å². The molecule has 6 heteroatoms. The van der Waals surface area contributed by atoms with Crippen LogP contribution in [0.15, 0.2) is 56.9 Å². The highest BCUT2D eigenvalue weighted by atomic mass is 32.1. The third-order valence-electron chi connectivity index (χ3n) is 6.95. The van der Waals surface area contributed by atoms with Crippen molar-refractivity contribution in [1.82, 2.24) is 5.32 Å². The molecule has 2 aromatic heterocycles. The first-order valence-corrected chi connectivity index (χ1v) is 13.4. The number of carbonyl (C=O) groups excluding carboxylic acids is 2. The Hall–Kier alpha value is -2.18. The number of dihydropyridines is 1. The Balaban J connectivity index is 1.48. The van der Waals surface area contributed by atoms with Crippen LogP contribution < -0.4 is 5.32 Å². The van der Waals surface area contributed by atoms with Crippen molar-refractivity contribution >= 4 is 34.4 Å². The molecule has 168 valence electrons. The fourth-order valence-electron chi connectivity index (χ4n) is 5.38. The molecular weight excluding hydrogens is 438 g/mol. The van der Waals surface area contributed by atoms with Crippen molar-refractivity contribution in [2.24, 2.45) is 0 Å². The van der Waals surface area contributed by atoms with Crippen molar-refractivity contribution in [1.29, 1.82) is 0 Å². The molecule has 1 N–H and O–H groups in total. The molecule has 1 fully saturated rings. The van der Waals surface area contributed by atoms with E-state index in [2.05, 4.69) is 22.1 Å². The van der Waals surface area contributed by atoms with Gasteiger partial charge in [0.25, 0.3) is 0 Å². The van der Waals surface area contributed by atoms with Gasteiger partial charge in [-0.2, -0.15) is 11.3 Å². The maximum Gasteiger partial charge on any atom is 0.337 e. The molecule has 0 bridgehead atoms. The van der Waals surface area contributed by atoms with Gasteiger partial charge in [-0.15, -0.1) is 11.3 Å². The molecule has 0 radical (unpaired) electrons. The van der Waals surface area contributed by atoms with E-state index in [-0.39, 0.29) is 29.7 Å². The Morgan fingerprint density at radius 1 is 1.09 bits per heavy atom. The molecule has 5 rings (SSSR count). The lowest BCUT2D eigenvalue weighted by Gasteiger charge is -2.36. The maximum absolute atomic E-state index is 13.5. The average Bonchev–Trinajstić information content (AvgIpc) is 3.44. The molecule has 3 aliphatic rings. The van der Waals surface area contributed by atoms with Crippen LogP contribution in [-0.4, -0.2) is 17.9 Å². The summed E-state index contributed by atoms with van der Waals surface area (Å²) in [6.45, 7) is 1.95. The van der Waals surface area contributed by atoms with E-state index in [0.717, 1.165) is 54.6 Å². The molecule has 2 unspecified atom stereocenters. The Bertz CT molecular complexity index is 1040. The van der Waals surface area contributed by atoms with E-state index in [1.807, 2.05) is 24.4 Å². The maximum atomic E-state index is 13.5. The van der Waals surface area contributed by atoms with Crippen LogP contribution in [0.2, 0.25) is 0 Å². The number of ketones is 1. The number of hydrogen-bond acceptors (Lipinski definition) is 6. The largest absolute Gasteiger partial charge is 0.459 e. The fraction of sp³-hybridized carbons (Fsp3) is 0.462. The molecule has 1 aliphatic heterocycles. The van der Waals surface area contributed by atoms with Gasteiger partial charge in [-0.1, -0.05) is 18.9 Å². The summed E-state index contributed by atoms with van der Waals surface area (Å²) in [6.07, 6.45) is 7.79. The number of Topliss-reactive ketones (excluding diaryl/α,β-unsaturated/α-hetero) is 1. The van der Waals surface area contributed by atoms with Crippen LogP contribution in [0.5, 0.6) is 0 Å². The third kappa shape index (κ3) is 4.23. The lowest BCUT2D eigenvalue weighted by molar-refractivity contribution is -0.145. The number of esters is 1. The summed E-state index contributed by atoms with van der Waals surface area (Å²) < 4.78 is 6.04. The SMILES string of the molecule is CC1=C(C(=O)OC2CCCCCC2)C(c2ccsc2)C2=C(CC(c3cccs3)CC2=O)N1. The highest BCUT2D eigenvalue weighted by molar-refractivity contribution is 7.10. The van der Waals surface area contributed by atoms with E-state index in [4.69, 9.17) is 4.74 Å². The first kappa shape index (κ1) is 21.7. The minimum absolute atomic E-state index is 0.0194. The summed E-state index contributed by atoms with van der Waals surface area (Å²) in [5, 5.41) is 9.60. The van der Waals surface area contributed by atoms with Crippen LogP contribution in [0.1, 0.15) is 80.6 Å². The summed E-state index contributed by atoms with van der Waals surface area (Å²) in [5.74, 6) is -0.268. The van der Waals surface area contributed by atoms with Crippen molar-refractivity contribution in [3.8, 4) is 0 Å². The standard InChI is InChI=1S/C26H29NO3S2/c1-16-23(26(29)30-19-7-4-2-3-5-8-19)24(17-10-12-31-15-17)25-20(27-16)13-18(14-21(25)28)22-9-6-11-32-22/h6,9-12,15,18-19,24,27H,2-5,7-8,13-14H2,1H3. The quantitative estimate of drug-likeness (QED) is 0.415.